The maximum atomic E-state index is 13.3. The fourth-order valence-corrected chi connectivity index (χ4v) is 2.35. The Kier molecular flexibility index (Phi) is 5.11. The lowest BCUT2D eigenvalue weighted by Crippen LogP contribution is -2.44. The van der Waals surface area contributed by atoms with Gasteiger partial charge in [0, 0.05) is 44.7 Å². The van der Waals surface area contributed by atoms with Gasteiger partial charge < -0.3 is 26.1 Å². The molecule has 1 fully saturated rings. The van der Waals surface area contributed by atoms with Crippen molar-refractivity contribution in [3.05, 3.63) is 35.1 Å². The Labute approximate surface area is 122 Å². The van der Waals surface area contributed by atoms with Crippen LogP contribution in [0.4, 0.5) is 4.39 Å². The van der Waals surface area contributed by atoms with E-state index in [4.69, 9.17) is 15.7 Å². The van der Waals surface area contributed by atoms with Crippen LogP contribution in [0.15, 0.2) is 23.4 Å². The van der Waals surface area contributed by atoms with E-state index in [-0.39, 0.29) is 5.84 Å². The molecule has 1 aliphatic rings. The zero-order valence-corrected chi connectivity index (χ0v) is 11.7. The molecule has 7 heteroatoms. The van der Waals surface area contributed by atoms with E-state index in [0.717, 1.165) is 0 Å². The van der Waals surface area contributed by atoms with E-state index in [0.29, 0.717) is 50.3 Å². The van der Waals surface area contributed by atoms with Crippen LogP contribution in [0.1, 0.15) is 24.0 Å². The van der Waals surface area contributed by atoms with Crippen LogP contribution in [0.3, 0.4) is 0 Å². The van der Waals surface area contributed by atoms with Crippen LogP contribution in [0.2, 0.25) is 0 Å². The number of aliphatic hydroxyl groups is 1. The summed E-state index contributed by atoms with van der Waals surface area (Å²) in [6.45, 7) is 1.88. The minimum atomic E-state index is -0.783. The summed E-state index contributed by atoms with van der Waals surface area (Å²) in [7, 11) is 0. The van der Waals surface area contributed by atoms with Crippen molar-refractivity contribution in [3.8, 4) is 0 Å². The monoisotopic (exact) mass is 297 g/mol. The van der Waals surface area contributed by atoms with Gasteiger partial charge in [0.15, 0.2) is 5.84 Å². The Morgan fingerprint density at radius 3 is 2.81 bits per heavy atom. The van der Waals surface area contributed by atoms with E-state index in [9.17, 15) is 9.50 Å². The number of nitrogens with one attached hydrogen (secondary N) is 1. The van der Waals surface area contributed by atoms with Crippen molar-refractivity contribution in [2.45, 2.75) is 25.0 Å². The third kappa shape index (κ3) is 4.13. The zero-order chi connectivity index (χ0) is 15.3. The molecule has 0 bridgehead atoms. The highest BCUT2D eigenvalue weighted by atomic mass is 19.1. The van der Waals surface area contributed by atoms with Gasteiger partial charge in [-0.1, -0.05) is 11.2 Å². The SMILES string of the molecule is N/C(=N/O)c1cc(F)ccc1CNCC1(O)CCOCC1. The molecule has 0 aliphatic carbocycles. The summed E-state index contributed by atoms with van der Waals surface area (Å²) in [5.41, 5.74) is 5.80. The number of hydrogen-bond acceptors (Lipinski definition) is 5. The van der Waals surface area contributed by atoms with Crippen LogP contribution in [-0.4, -0.2) is 41.5 Å². The molecule has 0 atom stereocenters. The molecular formula is C14H20FN3O3. The topological polar surface area (TPSA) is 100 Å². The van der Waals surface area contributed by atoms with Gasteiger partial charge >= 0.3 is 0 Å². The molecule has 1 aromatic carbocycles. The quantitative estimate of drug-likeness (QED) is 0.275. The normalized spacial score (nSPS) is 18.7. The second kappa shape index (κ2) is 6.84. The highest BCUT2D eigenvalue weighted by Crippen LogP contribution is 2.19. The number of nitrogens with two attached hydrogens (primary N) is 1. The van der Waals surface area contributed by atoms with Crippen LogP contribution < -0.4 is 11.1 Å². The molecule has 5 N–H and O–H groups in total. The largest absolute Gasteiger partial charge is 0.409 e. The lowest BCUT2D eigenvalue weighted by molar-refractivity contribution is -0.0617. The highest BCUT2D eigenvalue weighted by Gasteiger charge is 2.29. The highest BCUT2D eigenvalue weighted by molar-refractivity contribution is 5.98. The van der Waals surface area contributed by atoms with E-state index in [1.165, 1.54) is 12.1 Å². The molecule has 0 unspecified atom stereocenters. The number of oxime groups is 1. The number of ether oxygens (including phenoxy) is 1. The third-order valence-electron chi connectivity index (χ3n) is 3.65. The molecule has 1 aromatic rings. The number of nitrogens with zero attached hydrogens (tertiary/aromatic N) is 1. The molecule has 1 saturated heterocycles. The number of halogens is 1. The molecule has 6 nitrogen and oxygen atoms in total. The van der Waals surface area contributed by atoms with E-state index >= 15 is 0 Å². The first kappa shape index (κ1) is 15.7. The first-order valence-electron chi connectivity index (χ1n) is 6.81. The fraction of sp³-hybridized carbons (Fsp3) is 0.500. The standard InChI is InChI=1S/C14H20FN3O3/c15-11-2-1-10(12(7-11)13(16)18-20)8-17-9-14(19)3-5-21-6-4-14/h1-2,7,17,19-20H,3-6,8-9H2,(H2,16,18). The van der Waals surface area contributed by atoms with Gasteiger partial charge in [-0.15, -0.1) is 0 Å². The molecule has 0 saturated carbocycles. The zero-order valence-electron chi connectivity index (χ0n) is 11.7. The maximum absolute atomic E-state index is 13.3. The number of hydrogen-bond donors (Lipinski definition) is 4. The van der Waals surface area contributed by atoms with Gasteiger partial charge in [-0.3, -0.25) is 0 Å². The number of rotatable bonds is 5. The van der Waals surface area contributed by atoms with Crippen molar-refractivity contribution in [2.75, 3.05) is 19.8 Å². The Morgan fingerprint density at radius 2 is 2.14 bits per heavy atom. The van der Waals surface area contributed by atoms with Gasteiger partial charge in [0.25, 0.3) is 0 Å². The van der Waals surface area contributed by atoms with Gasteiger partial charge in [-0.25, -0.2) is 4.39 Å². The summed E-state index contributed by atoms with van der Waals surface area (Å²) in [6.07, 6.45) is 1.16. The molecule has 0 spiro atoms. The minimum Gasteiger partial charge on any atom is -0.409 e. The first-order valence-corrected chi connectivity index (χ1v) is 6.81. The maximum Gasteiger partial charge on any atom is 0.170 e. The van der Waals surface area contributed by atoms with Crippen molar-refractivity contribution in [2.24, 2.45) is 10.9 Å². The Hall–Kier alpha value is -1.70. The molecule has 2 rings (SSSR count). The van der Waals surface area contributed by atoms with Crippen LogP contribution in [0.5, 0.6) is 0 Å². The molecule has 1 aliphatic heterocycles. The number of amidine groups is 1. The van der Waals surface area contributed by atoms with Gasteiger partial charge in [0.2, 0.25) is 0 Å². The molecular weight excluding hydrogens is 277 g/mol. The summed E-state index contributed by atoms with van der Waals surface area (Å²) in [5, 5.41) is 25.1. The average Bonchev–Trinajstić information content (AvgIpc) is 2.48. The summed E-state index contributed by atoms with van der Waals surface area (Å²) >= 11 is 0. The lowest BCUT2D eigenvalue weighted by atomic mass is 9.94. The van der Waals surface area contributed by atoms with Crippen molar-refractivity contribution in [1.82, 2.24) is 5.32 Å². The smallest absolute Gasteiger partial charge is 0.170 e. The van der Waals surface area contributed by atoms with Gasteiger partial charge in [-0.05, 0) is 17.7 Å². The van der Waals surface area contributed by atoms with E-state index in [1.54, 1.807) is 6.07 Å². The second-order valence-corrected chi connectivity index (χ2v) is 5.23. The fourth-order valence-electron chi connectivity index (χ4n) is 2.35. The number of benzene rings is 1. The predicted octanol–water partition coefficient (Wildman–Crippen LogP) is 0.551. The van der Waals surface area contributed by atoms with Crippen molar-refractivity contribution in [1.29, 1.82) is 0 Å². The Balaban J connectivity index is 2.00. The van der Waals surface area contributed by atoms with E-state index in [1.807, 2.05) is 0 Å². The summed E-state index contributed by atoms with van der Waals surface area (Å²) < 4.78 is 18.5. The Morgan fingerprint density at radius 1 is 1.43 bits per heavy atom. The van der Waals surface area contributed by atoms with Crippen LogP contribution in [-0.2, 0) is 11.3 Å². The lowest BCUT2D eigenvalue weighted by Gasteiger charge is -2.32. The molecule has 1 heterocycles. The van der Waals surface area contributed by atoms with E-state index in [2.05, 4.69) is 10.5 Å². The molecule has 21 heavy (non-hydrogen) atoms. The Bertz CT molecular complexity index is 516. The predicted molar refractivity (Wildman–Crippen MR) is 75.6 cm³/mol. The van der Waals surface area contributed by atoms with Crippen molar-refractivity contribution in [3.63, 3.8) is 0 Å². The molecule has 0 amide bonds. The third-order valence-corrected chi connectivity index (χ3v) is 3.65. The van der Waals surface area contributed by atoms with Crippen molar-refractivity contribution < 1.29 is 19.4 Å². The first-order chi connectivity index (χ1) is 10.0. The molecule has 0 radical (unpaired) electrons. The summed E-state index contributed by atoms with van der Waals surface area (Å²) in [6, 6.07) is 4.10. The minimum absolute atomic E-state index is 0.143. The van der Waals surface area contributed by atoms with Crippen molar-refractivity contribution >= 4 is 5.84 Å². The second-order valence-electron chi connectivity index (χ2n) is 5.23. The molecule has 0 aromatic heterocycles. The summed E-state index contributed by atoms with van der Waals surface area (Å²) in [4.78, 5) is 0. The van der Waals surface area contributed by atoms with Gasteiger partial charge in [0.1, 0.15) is 5.82 Å². The van der Waals surface area contributed by atoms with Crippen LogP contribution >= 0.6 is 0 Å². The summed E-state index contributed by atoms with van der Waals surface area (Å²) in [5.74, 6) is -0.598. The van der Waals surface area contributed by atoms with E-state index < -0.39 is 11.4 Å². The van der Waals surface area contributed by atoms with Crippen LogP contribution in [0, 0.1) is 5.82 Å². The average molecular weight is 297 g/mol. The molecule has 116 valence electrons. The van der Waals surface area contributed by atoms with Gasteiger partial charge in [-0.2, -0.15) is 0 Å². The van der Waals surface area contributed by atoms with Crippen LogP contribution in [0.25, 0.3) is 0 Å². The van der Waals surface area contributed by atoms with Gasteiger partial charge in [0.05, 0.1) is 5.60 Å².